The van der Waals surface area contributed by atoms with E-state index in [2.05, 4.69) is 103 Å². The van der Waals surface area contributed by atoms with Crippen LogP contribution in [0.2, 0.25) is 0 Å². The van der Waals surface area contributed by atoms with E-state index < -0.39 is 8.16 Å². The fourth-order valence-corrected chi connectivity index (χ4v) is 8.68. The van der Waals surface area contributed by atoms with E-state index in [4.69, 9.17) is 8.39 Å². The van der Waals surface area contributed by atoms with Crippen LogP contribution in [0.5, 0.6) is 0 Å². The Kier molecular flexibility index (Phi) is 7.04. The van der Waals surface area contributed by atoms with Crippen molar-refractivity contribution in [2.24, 2.45) is 0 Å². The van der Waals surface area contributed by atoms with Crippen LogP contribution in [0.25, 0.3) is 21.9 Å². The van der Waals surface area contributed by atoms with Gasteiger partial charge in [-0.05, 0) is 111 Å². The van der Waals surface area contributed by atoms with Crippen molar-refractivity contribution in [1.29, 1.82) is 0 Å². The van der Waals surface area contributed by atoms with Gasteiger partial charge in [0.2, 0.25) is 0 Å². The van der Waals surface area contributed by atoms with Gasteiger partial charge in [-0.1, -0.05) is 72.8 Å². The van der Waals surface area contributed by atoms with Crippen LogP contribution >= 0.6 is 8.16 Å². The zero-order valence-electron chi connectivity index (χ0n) is 23.6. The summed E-state index contributed by atoms with van der Waals surface area (Å²) >= 11 is 0. The number of benzene rings is 4. The average molecular weight is 548 g/mol. The SMILES string of the molecule is CC(c1ccccc1)N(C(C)c1ccccc1)p1oc2ccc3c(c2c2c4c(ccc2o1)CCCC4)CCCC3. The minimum absolute atomic E-state index is 0.0998. The van der Waals surface area contributed by atoms with Gasteiger partial charge in [-0.2, -0.15) is 4.67 Å². The number of aryl methyl sites for hydroxylation is 4. The smallest absolute Gasteiger partial charge is 0.310 e. The number of fused-ring (bicyclic) bond motifs is 7. The first-order valence-electron chi connectivity index (χ1n) is 15.0. The molecule has 2 unspecified atom stereocenters. The van der Waals surface area contributed by atoms with Crippen molar-refractivity contribution >= 4 is 30.1 Å². The summed E-state index contributed by atoms with van der Waals surface area (Å²) in [6, 6.07) is 30.9. The molecule has 0 bridgehead atoms. The third-order valence-electron chi connectivity index (χ3n) is 9.14. The molecule has 7 rings (SSSR count). The molecule has 1 heterocycles. The highest BCUT2D eigenvalue weighted by Crippen LogP contribution is 2.48. The molecule has 1 aromatic heterocycles. The second kappa shape index (κ2) is 11.0. The molecule has 5 aromatic rings. The van der Waals surface area contributed by atoms with Gasteiger partial charge in [0, 0.05) is 22.9 Å². The number of hydrogen-bond donors (Lipinski definition) is 0. The summed E-state index contributed by atoms with van der Waals surface area (Å²) < 4.78 is 16.7. The maximum absolute atomic E-state index is 7.11. The molecular formula is C36H38NO2P. The van der Waals surface area contributed by atoms with Gasteiger partial charge in [-0.25, -0.2) is 0 Å². The summed E-state index contributed by atoms with van der Waals surface area (Å²) in [4.78, 5) is 0. The quantitative estimate of drug-likeness (QED) is 0.219. The van der Waals surface area contributed by atoms with Crippen molar-refractivity contribution in [2.75, 3.05) is 4.67 Å². The lowest BCUT2D eigenvalue weighted by molar-refractivity contribution is 0.558. The number of rotatable bonds is 5. The van der Waals surface area contributed by atoms with E-state index in [9.17, 15) is 0 Å². The van der Waals surface area contributed by atoms with Gasteiger partial charge in [0.05, 0.1) is 0 Å². The van der Waals surface area contributed by atoms with Gasteiger partial charge in [0.1, 0.15) is 11.2 Å². The third-order valence-corrected chi connectivity index (χ3v) is 10.9. The molecule has 4 heteroatoms. The monoisotopic (exact) mass is 547 g/mol. The summed E-state index contributed by atoms with van der Waals surface area (Å²) in [6.45, 7) is 4.58. The van der Waals surface area contributed by atoms with Crippen molar-refractivity contribution in [3.8, 4) is 0 Å². The minimum atomic E-state index is -1.45. The molecule has 0 amide bonds. The lowest BCUT2D eigenvalue weighted by Crippen LogP contribution is -2.27. The molecule has 0 N–H and O–H groups in total. The summed E-state index contributed by atoms with van der Waals surface area (Å²) in [5.41, 5.74) is 10.5. The van der Waals surface area contributed by atoms with Gasteiger partial charge in [0.25, 0.3) is 0 Å². The first-order valence-corrected chi connectivity index (χ1v) is 16.2. The van der Waals surface area contributed by atoms with Crippen LogP contribution in [0, 0.1) is 0 Å². The normalized spacial score (nSPS) is 16.5. The van der Waals surface area contributed by atoms with Crippen molar-refractivity contribution < 1.29 is 8.39 Å². The summed E-state index contributed by atoms with van der Waals surface area (Å²) in [6.07, 6.45) is 9.58. The average Bonchev–Trinajstić information content (AvgIpc) is 3.19. The molecule has 0 saturated carbocycles. The van der Waals surface area contributed by atoms with Crippen molar-refractivity contribution in [1.82, 2.24) is 0 Å². The fraction of sp³-hybridized carbons (Fsp3) is 0.333. The largest absolute Gasteiger partial charge is 0.408 e. The molecule has 2 aliphatic carbocycles. The predicted molar refractivity (Wildman–Crippen MR) is 168 cm³/mol. The van der Waals surface area contributed by atoms with Gasteiger partial charge in [0.15, 0.2) is 0 Å². The standard InChI is InChI=1S/C36H38NO2P/c1-25(27-13-5-3-6-14-27)37(26(2)28-15-7-4-8-16-28)40-38-33-23-21-29-17-9-11-19-31(29)35(33)36-32-20-12-10-18-30(32)22-24-34(36)39-40/h3-8,13-16,21-26H,9-12,17-20H2,1-2H3. The maximum Gasteiger partial charge on any atom is 0.310 e. The van der Waals surface area contributed by atoms with Crippen LogP contribution in [0.4, 0.5) is 0 Å². The van der Waals surface area contributed by atoms with Gasteiger partial charge >= 0.3 is 8.16 Å². The van der Waals surface area contributed by atoms with Gasteiger partial charge < -0.3 is 8.39 Å². The Hall–Kier alpha value is -3.26. The van der Waals surface area contributed by atoms with Crippen LogP contribution < -0.4 is 4.67 Å². The highest BCUT2D eigenvalue weighted by Gasteiger charge is 2.30. The Balaban J connectivity index is 1.54. The van der Waals surface area contributed by atoms with Crippen LogP contribution in [0.3, 0.4) is 0 Å². The molecule has 0 fully saturated rings. The first-order chi connectivity index (χ1) is 19.7. The molecule has 0 aliphatic heterocycles. The number of hydrogen-bond acceptors (Lipinski definition) is 3. The predicted octanol–water partition coefficient (Wildman–Crippen LogP) is 10.5. The molecular weight excluding hydrogens is 509 g/mol. The van der Waals surface area contributed by atoms with Crippen LogP contribution in [-0.2, 0) is 25.7 Å². The van der Waals surface area contributed by atoms with Crippen molar-refractivity contribution in [2.45, 2.75) is 77.3 Å². The van der Waals surface area contributed by atoms with E-state index in [0.29, 0.717) is 0 Å². The second-order valence-electron chi connectivity index (χ2n) is 11.5. The van der Waals surface area contributed by atoms with E-state index in [1.54, 1.807) is 0 Å². The first kappa shape index (κ1) is 25.7. The molecule has 3 nitrogen and oxygen atoms in total. The zero-order chi connectivity index (χ0) is 27.1. The molecule has 0 radical (unpaired) electrons. The third kappa shape index (κ3) is 4.60. The lowest BCUT2D eigenvalue weighted by Gasteiger charge is -2.31. The Labute approximate surface area is 238 Å². The van der Waals surface area contributed by atoms with Crippen LogP contribution in [0.15, 0.2) is 93.3 Å². The molecule has 0 spiro atoms. The second-order valence-corrected chi connectivity index (χ2v) is 12.8. The molecule has 2 aliphatic rings. The summed E-state index contributed by atoms with van der Waals surface area (Å²) in [5, 5.41) is 2.63. The Morgan fingerprint density at radius 2 is 0.975 bits per heavy atom. The zero-order valence-corrected chi connectivity index (χ0v) is 24.5. The Bertz CT molecular complexity index is 1570. The van der Waals surface area contributed by atoms with Gasteiger partial charge in [-0.15, -0.1) is 0 Å². The minimum Gasteiger partial charge on any atom is -0.408 e. The molecule has 0 saturated heterocycles. The molecule has 40 heavy (non-hydrogen) atoms. The fourth-order valence-electron chi connectivity index (χ4n) is 6.98. The highest BCUT2D eigenvalue weighted by atomic mass is 31.1. The molecule has 2 atom stereocenters. The van der Waals surface area contributed by atoms with E-state index in [0.717, 1.165) is 36.8 Å². The van der Waals surface area contributed by atoms with Crippen LogP contribution in [-0.4, -0.2) is 0 Å². The molecule has 4 aromatic carbocycles. The topological polar surface area (TPSA) is 29.5 Å². The lowest BCUT2D eigenvalue weighted by atomic mass is 9.84. The van der Waals surface area contributed by atoms with E-state index >= 15 is 0 Å². The summed E-state index contributed by atoms with van der Waals surface area (Å²) in [5.74, 6) is 0. The van der Waals surface area contributed by atoms with Crippen molar-refractivity contribution in [3.63, 3.8) is 0 Å². The maximum atomic E-state index is 7.11. The van der Waals surface area contributed by atoms with Crippen molar-refractivity contribution in [3.05, 3.63) is 118 Å². The van der Waals surface area contributed by atoms with Crippen LogP contribution in [0.1, 0.15) is 85.0 Å². The van der Waals surface area contributed by atoms with Gasteiger partial charge in [-0.3, -0.25) is 0 Å². The van der Waals surface area contributed by atoms with E-state index in [1.807, 2.05) is 0 Å². The Morgan fingerprint density at radius 1 is 0.550 bits per heavy atom. The number of nitrogens with zero attached hydrogens (tertiary/aromatic N) is 1. The highest BCUT2D eigenvalue weighted by molar-refractivity contribution is 7.39. The van der Waals surface area contributed by atoms with E-state index in [-0.39, 0.29) is 12.1 Å². The Morgan fingerprint density at radius 3 is 1.43 bits per heavy atom. The summed E-state index contributed by atoms with van der Waals surface area (Å²) in [7, 11) is -1.45. The molecule has 204 valence electrons. The van der Waals surface area contributed by atoms with E-state index in [1.165, 1.54) is 69.8 Å².